The summed E-state index contributed by atoms with van der Waals surface area (Å²) in [5.74, 6) is 0.223. The summed E-state index contributed by atoms with van der Waals surface area (Å²) in [6, 6.07) is 11.0. The molecule has 0 unspecified atom stereocenters. The van der Waals surface area contributed by atoms with Crippen molar-refractivity contribution in [2.24, 2.45) is 0 Å². The van der Waals surface area contributed by atoms with Crippen molar-refractivity contribution in [3.8, 4) is 11.4 Å². The molecule has 10 nitrogen and oxygen atoms in total. The Bertz CT molecular complexity index is 1560. The molecule has 13 heteroatoms. The molecule has 5 rings (SSSR count). The lowest BCUT2D eigenvalue weighted by molar-refractivity contribution is -0.113. The Hall–Kier alpha value is -3.68. The maximum absolute atomic E-state index is 13.2. The molecule has 0 fully saturated rings. The number of para-hydroxylation sites is 2. The van der Waals surface area contributed by atoms with Gasteiger partial charge in [0.25, 0.3) is 5.91 Å². The molecule has 1 aliphatic carbocycles. The van der Waals surface area contributed by atoms with Crippen LogP contribution in [0, 0.1) is 0 Å². The highest BCUT2D eigenvalue weighted by Gasteiger charge is 2.27. The molecule has 42 heavy (non-hydrogen) atoms. The van der Waals surface area contributed by atoms with Crippen LogP contribution in [0.25, 0.3) is 5.69 Å². The van der Waals surface area contributed by atoms with Gasteiger partial charge in [0.1, 0.15) is 10.8 Å². The molecular formula is C29H31N5O5S3. The number of rotatable bonds is 11. The van der Waals surface area contributed by atoms with Gasteiger partial charge in [-0.05, 0) is 61.7 Å². The van der Waals surface area contributed by atoms with Crippen LogP contribution >= 0.6 is 34.4 Å². The third-order valence-corrected chi connectivity index (χ3v) is 9.67. The van der Waals surface area contributed by atoms with Crippen molar-refractivity contribution in [3.63, 3.8) is 0 Å². The average Bonchev–Trinajstić information content (AvgIpc) is 3.71. The van der Waals surface area contributed by atoms with Gasteiger partial charge in [-0.1, -0.05) is 36.4 Å². The van der Waals surface area contributed by atoms with Crippen LogP contribution in [0.4, 0.5) is 5.00 Å². The molecule has 3 heterocycles. The van der Waals surface area contributed by atoms with E-state index >= 15 is 0 Å². The van der Waals surface area contributed by atoms with E-state index in [4.69, 9.17) is 9.47 Å². The molecule has 0 saturated carbocycles. The van der Waals surface area contributed by atoms with Gasteiger partial charge < -0.3 is 20.1 Å². The Morgan fingerprint density at radius 3 is 2.69 bits per heavy atom. The number of carbonyl (C=O) groups excluding carboxylic acids is 3. The predicted molar refractivity (Wildman–Crippen MR) is 164 cm³/mol. The minimum atomic E-state index is -0.398. The molecule has 4 aromatic rings. The topological polar surface area (TPSA) is 124 Å². The SMILES string of the molecule is CCOC(=O)c1c(NC(=O)CSc2nnc(CNC(=O)c3cccs3)n2-c2ccccc2OC)sc2c1CCCCC2. The number of nitrogens with zero attached hydrogens (tertiary/aromatic N) is 3. The van der Waals surface area contributed by atoms with E-state index in [9.17, 15) is 14.4 Å². The summed E-state index contributed by atoms with van der Waals surface area (Å²) in [4.78, 5) is 40.4. The maximum Gasteiger partial charge on any atom is 0.341 e. The number of thioether (sulfide) groups is 1. The Morgan fingerprint density at radius 1 is 1.07 bits per heavy atom. The zero-order chi connectivity index (χ0) is 29.5. The number of fused-ring (bicyclic) bond motifs is 1. The number of benzene rings is 1. The Kier molecular flexibility index (Phi) is 9.93. The number of aryl methyl sites for hydroxylation is 1. The van der Waals surface area contributed by atoms with Crippen molar-refractivity contribution in [2.75, 3.05) is 24.8 Å². The Balaban J connectivity index is 1.36. The first-order valence-corrected chi connectivity index (χ1v) is 16.3. The number of hydrogen-bond donors (Lipinski definition) is 2. The summed E-state index contributed by atoms with van der Waals surface area (Å²) in [5.41, 5.74) is 2.17. The van der Waals surface area contributed by atoms with Crippen LogP contribution in [-0.4, -0.2) is 52.0 Å². The van der Waals surface area contributed by atoms with Gasteiger partial charge in [-0.3, -0.25) is 14.2 Å². The fourth-order valence-corrected chi connectivity index (χ4v) is 7.46. The number of anilines is 1. The van der Waals surface area contributed by atoms with Crippen LogP contribution in [0.3, 0.4) is 0 Å². The predicted octanol–water partition coefficient (Wildman–Crippen LogP) is 5.51. The largest absolute Gasteiger partial charge is 0.495 e. The normalized spacial score (nSPS) is 12.7. The molecule has 0 aliphatic heterocycles. The van der Waals surface area contributed by atoms with Gasteiger partial charge >= 0.3 is 5.97 Å². The number of aromatic nitrogens is 3. The number of esters is 1. The number of carbonyl (C=O) groups is 3. The minimum Gasteiger partial charge on any atom is -0.495 e. The second-order valence-electron chi connectivity index (χ2n) is 9.39. The van der Waals surface area contributed by atoms with Crippen molar-refractivity contribution in [3.05, 3.63) is 68.5 Å². The summed E-state index contributed by atoms with van der Waals surface area (Å²) in [6.07, 6.45) is 4.89. The minimum absolute atomic E-state index is 0.0274. The van der Waals surface area contributed by atoms with Gasteiger partial charge in [0.15, 0.2) is 11.0 Å². The fourth-order valence-electron chi connectivity index (χ4n) is 4.76. The standard InChI is InChI=1S/C29H31N5O5S3/c1-3-39-28(37)25-18-10-5-4-6-13-21(18)42-27(25)31-24(35)17-41-29-33-32-23(16-30-26(36)22-14-9-15-40-22)34(29)19-11-7-8-12-20(19)38-2/h7-9,11-12,14-15H,3-6,10,13,16-17H2,1-2H3,(H,30,36)(H,31,35). The van der Waals surface area contributed by atoms with E-state index in [2.05, 4.69) is 20.8 Å². The molecule has 1 aliphatic rings. The van der Waals surface area contributed by atoms with Crippen molar-refractivity contribution < 1.29 is 23.9 Å². The number of nitrogens with one attached hydrogen (secondary N) is 2. The summed E-state index contributed by atoms with van der Waals surface area (Å²) in [7, 11) is 1.57. The fraction of sp³-hybridized carbons (Fsp3) is 0.345. The quantitative estimate of drug-likeness (QED) is 0.127. The third kappa shape index (κ3) is 6.69. The van der Waals surface area contributed by atoms with Crippen LogP contribution in [0.1, 0.15) is 62.5 Å². The van der Waals surface area contributed by atoms with Crippen LogP contribution in [0.15, 0.2) is 46.9 Å². The Labute approximate surface area is 255 Å². The highest BCUT2D eigenvalue weighted by atomic mass is 32.2. The molecule has 3 aromatic heterocycles. The molecule has 0 radical (unpaired) electrons. The van der Waals surface area contributed by atoms with E-state index in [1.54, 1.807) is 24.7 Å². The molecule has 0 spiro atoms. The van der Waals surface area contributed by atoms with E-state index in [1.807, 2.05) is 35.7 Å². The van der Waals surface area contributed by atoms with E-state index in [-0.39, 0.29) is 30.7 Å². The molecule has 1 aromatic carbocycles. The average molecular weight is 626 g/mol. The number of methoxy groups -OCH3 is 1. The second kappa shape index (κ2) is 14.0. The summed E-state index contributed by atoms with van der Waals surface area (Å²) < 4.78 is 12.7. The summed E-state index contributed by atoms with van der Waals surface area (Å²) in [6.45, 7) is 2.16. The highest BCUT2D eigenvalue weighted by Crippen LogP contribution is 2.38. The van der Waals surface area contributed by atoms with Crippen molar-refractivity contribution in [2.45, 2.75) is 50.7 Å². The first-order chi connectivity index (χ1) is 20.5. The number of thiophene rings is 2. The lowest BCUT2D eigenvalue weighted by Gasteiger charge is -2.14. The van der Waals surface area contributed by atoms with E-state index in [0.717, 1.165) is 42.5 Å². The molecule has 220 valence electrons. The van der Waals surface area contributed by atoms with E-state index < -0.39 is 5.97 Å². The maximum atomic E-state index is 13.2. The van der Waals surface area contributed by atoms with E-state index in [0.29, 0.717) is 37.9 Å². The molecule has 0 bridgehead atoms. The number of amides is 2. The molecular weight excluding hydrogens is 595 g/mol. The van der Waals surface area contributed by atoms with Gasteiger partial charge in [0.05, 0.1) is 42.1 Å². The van der Waals surface area contributed by atoms with Gasteiger partial charge in [0, 0.05) is 4.88 Å². The van der Waals surface area contributed by atoms with Crippen LogP contribution in [-0.2, 0) is 28.9 Å². The van der Waals surface area contributed by atoms with Gasteiger partial charge in [-0.15, -0.1) is 32.9 Å². The van der Waals surface area contributed by atoms with Gasteiger partial charge in [0.2, 0.25) is 5.91 Å². The third-order valence-electron chi connectivity index (χ3n) is 6.66. The molecule has 2 amide bonds. The lowest BCUT2D eigenvalue weighted by atomic mass is 10.1. The van der Waals surface area contributed by atoms with Crippen LogP contribution in [0.5, 0.6) is 5.75 Å². The zero-order valence-electron chi connectivity index (χ0n) is 23.3. The molecule has 0 saturated heterocycles. The van der Waals surface area contributed by atoms with Crippen LogP contribution in [0.2, 0.25) is 0 Å². The second-order valence-corrected chi connectivity index (χ2v) is 12.4. The first kappa shape index (κ1) is 29.8. The number of hydrogen-bond acceptors (Lipinski definition) is 10. The summed E-state index contributed by atoms with van der Waals surface area (Å²) >= 11 is 4.02. The monoisotopic (exact) mass is 625 g/mol. The lowest BCUT2D eigenvalue weighted by Crippen LogP contribution is -2.24. The Morgan fingerprint density at radius 2 is 1.90 bits per heavy atom. The van der Waals surface area contributed by atoms with Crippen molar-refractivity contribution in [1.82, 2.24) is 20.1 Å². The van der Waals surface area contributed by atoms with Gasteiger partial charge in [-0.2, -0.15) is 0 Å². The molecule has 0 atom stereocenters. The highest BCUT2D eigenvalue weighted by molar-refractivity contribution is 7.99. The van der Waals surface area contributed by atoms with Crippen molar-refractivity contribution in [1.29, 1.82) is 0 Å². The zero-order valence-corrected chi connectivity index (χ0v) is 25.8. The first-order valence-electron chi connectivity index (χ1n) is 13.6. The molecule has 2 N–H and O–H groups in total. The number of ether oxygens (including phenoxy) is 2. The van der Waals surface area contributed by atoms with Crippen LogP contribution < -0.4 is 15.4 Å². The smallest absolute Gasteiger partial charge is 0.341 e. The van der Waals surface area contributed by atoms with E-state index in [1.165, 1.54) is 34.4 Å². The summed E-state index contributed by atoms with van der Waals surface area (Å²) in [5, 5.41) is 17.4. The van der Waals surface area contributed by atoms with Crippen molar-refractivity contribution >= 4 is 57.2 Å². The van der Waals surface area contributed by atoms with Gasteiger partial charge in [-0.25, -0.2) is 4.79 Å².